The fourth-order valence-electron chi connectivity index (χ4n) is 2.75. The van der Waals surface area contributed by atoms with E-state index in [0.717, 1.165) is 16.9 Å². The zero-order valence-corrected chi connectivity index (χ0v) is 17.8. The zero-order chi connectivity index (χ0) is 21.2. The molecule has 0 heterocycles. The van der Waals surface area contributed by atoms with Gasteiger partial charge in [-0.25, -0.2) is 4.39 Å². The SMILES string of the molecule is CCNC(=O)[C@@H](C)N(Cc1ccc(OC)cc1)C(=O)CSCc1ccc(F)cc1. The molecule has 0 saturated carbocycles. The van der Waals surface area contributed by atoms with Gasteiger partial charge in [0.15, 0.2) is 0 Å². The molecule has 5 nitrogen and oxygen atoms in total. The molecule has 2 rings (SSSR count). The largest absolute Gasteiger partial charge is 0.497 e. The Morgan fingerprint density at radius 2 is 1.72 bits per heavy atom. The van der Waals surface area contributed by atoms with Crippen LogP contribution >= 0.6 is 11.8 Å². The number of likely N-dealkylation sites (N-methyl/N-ethyl adjacent to an activating group) is 1. The maximum Gasteiger partial charge on any atom is 0.242 e. The van der Waals surface area contributed by atoms with Crippen LogP contribution in [-0.4, -0.2) is 42.2 Å². The van der Waals surface area contributed by atoms with E-state index in [9.17, 15) is 14.0 Å². The summed E-state index contributed by atoms with van der Waals surface area (Å²) >= 11 is 1.44. The first-order valence-corrected chi connectivity index (χ1v) is 10.6. The number of carbonyl (C=O) groups is 2. The molecule has 0 aliphatic heterocycles. The van der Waals surface area contributed by atoms with Gasteiger partial charge >= 0.3 is 0 Å². The van der Waals surface area contributed by atoms with E-state index >= 15 is 0 Å². The molecule has 0 unspecified atom stereocenters. The average molecular weight is 419 g/mol. The summed E-state index contributed by atoms with van der Waals surface area (Å²) in [6.45, 7) is 4.42. The number of methoxy groups -OCH3 is 1. The molecule has 29 heavy (non-hydrogen) atoms. The number of benzene rings is 2. The molecule has 0 bridgehead atoms. The maximum atomic E-state index is 13.0. The van der Waals surface area contributed by atoms with Crippen molar-refractivity contribution in [3.05, 3.63) is 65.5 Å². The van der Waals surface area contributed by atoms with Gasteiger partial charge in [-0.3, -0.25) is 9.59 Å². The first-order valence-electron chi connectivity index (χ1n) is 9.47. The molecule has 0 aromatic heterocycles. The molecule has 0 aliphatic carbocycles. The number of carbonyl (C=O) groups excluding carboxylic acids is 2. The summed E-state index contributed by atoms with van der Waals surface area (Å²) in [6.07, 6.45) is 0. The molecule has 1 N–H and O–H groups in total. The van der Waals surface area contributed by atoms with E-state index in [1.807, 2.05) is 31.2 Å². The Bertz CT molecular complexity index is 797. The standard InChI is InChI=1S/C22H27FN2O3S/c1-4-24-22(27)16(2)25(13-17-7-11-20(28-3)12-8-17)21(26)15-29-14-18-5-9-19(23)10-6-18/h5-12,16H,4,13-15H2,1-3H3,(H,24,27)/t16-/m1/s1. The summed E-state index contributed by atoms with van der Waals surface area (Å²) in [5.41, 5.74) is 1.86. The van der Waals surface area contributed by atoms with Crippen molar-refractivity contribution in [2.24, 2.45) is 0 Å². The molecular formula is C22H27FN2O3S. The normalized spacial score (nSPS) is 11.6. The number of halogens is 1. The first kappa shape index (κ1) is 22.7. The molecular weight excluding hydrogens is 391 g/mol. The average Bonchev–Trinajstić information content (AvgIpc) is 2.73. The molecule has 1 atom stereocenters. The Morgan fingerprint density at radius 3 is 2.31 bits per heavy atom. The Morgan fingerprint density at radius 1 is 1.10 bits per heavy atom. The lowest BCUT2D eigenvalue weighted by Crippen LogP contribution is -2.48. The third kappa shape index (κ3) is 7.09. The number of rotatable bonds is 10. The van der Waals surface area contributed by atoms with Gasteiger partial charge < -0.3 is 15.0 Å². The van der Waals surface area contributed by atoms with Gasteiger partial charge in [-0.2, -0.15) is 0 Å². The van der Waals surface area contributed by atoms with Crippen LogP contribution in [0.3, 0.4) is 0 Å². The number of amides is 2. The smallest absolute Gasteiger partial charge is 0.242 e. The highest BCUT2D eigenvalue weighted by molar-refractivity contribution is 7.99. The minimum Gasteiger partial charge on any atom is -0.497 e. The lowest BCUT2D eigenvalue weighted by Gasteiger charge is -2.28. The third-order valence-corrected chi connectivity index (χ3v) is 5.43. The Balaban J connectivity index is 2.04. The fraction of sp³-hybridized carbons (Fsp3) is 0.364. The van der Waals surface area contributed by atoms with Gasteiger partial charge in [0.2, 0.25) is 11.8 Å². The highest BCUT2D eigenvalue weighted by atomic mass is 32.2. The second-order valence-corrected chi connectivity index (χ2v) is 7.55. The topological polar surface area (TPSA) is 58.6 Å². The monoisotopic (exact) mass is 418 g/mol. The van der Waals surface area contributed by atoms with Gasteiger partial charge in [-0.15, -0.1) is 11.8 Å². The fourth-order valence-corrected chi connectivity index (χ4v) is 3.62. The highest BCUT2D eigenvalue weighted by Crippen LogP contribution is 2.18. The Kier molecular flexibility index (Phi) is 8.99. The molecule has 0 saturated heterocycles. The van der Waals surface area contributed by atoms with Crippen LogP contribution in [0.2, 0.25) is 0 Å². The van der Waals surface area contributed by atoms with Gasteiger partial charge in [0.25, 0.3) is 0 Å². The minimum atomic E-state index is -0.587. The second kappa shape index (κ2) is 11.5. The summed E-state index contributed by atoms with van der Waals surface area (Å²) in [7, 11) is 1.60. The Labute approximate surface area is 175 Å². The summed E-state index contributed by atoms with van der Waals surface area (Å²) in [4.78, 5) is 26.8. The third-order valence-electron chi connectivity index (χ3n) is 4.44. The van der Waals surface area contributed by atoms with E-state index in [-0.39, 0.29) is 23.4 Å². The highest BCUT2D eigenvalue weighted by Gasteiger charge is 2.25. The maximum absolute atomic E-state index is 13.0. The first-order chi connectivity index (χ1) is 13.9. The van der Waals surface area contributed by atoms with Gasteiger partial charge in [0.1, 0.15) is 17.6 Å². The molecule has 0 aliphatic rings. The summed E-state index contributed by atoms with van der Waals surface area (Å²) in [5, 5.41) is 2.78. The molecule has 7 heteroatoms. The van der Waals surface area contributed by atoms with Crippen molar-refractivity contribution in [2.75, 3.05) is 19.4 Å². The van der Waals surface area contributed by atoms with Crippen LogP contribution in [0.15, 0.2) is 48.5 Å². The van der Waals surface area contributed by atoms with Crippen LogP contribution in [0.1, 0.15) is 25.0 Å². The van der Waals surface area contributed by atoms with Crippen molar-refractivity contribution >= 4 is 23.6 Å². The molecule has 2 aromatic rings. The van der Waals surface area contributed by atoms with Gasteiger partial charge in [-0.05, 0) is 49.2 Å². The van der Waals surface area contributed by atoms with Crippen LogP contribution in [0.25, 0.3) is 0 Å². The zero-order valence-electron chi connectivity index (χ0n) is 17.0. The van der Waals surface area contributed by atoms with Gasteiger partial charge in [0, 0.05) is 18.8 Å². The van der Waals surface area contributed by atoms with Crippen LogP contribution in [0, 0.1) is 5.82 Å². The van der Waals surface area contributed by atoms with Crippen molar-refractivity contribution in [3.63, 3.8) is 0 Å². The summed E-state index contributed by atoms with van der Waals surface area (Å²) < 4.78 is 18.2. The number of nitrogens with one attached hydrogen (secondary N) is 1. The van der Waals surface area contributed by atoms with Crippen LogP contribution in [-0.2, 0) is 21.9 Å². The van der Waals surface area contributed by atoms with E-state index in [1.165, 1.54) is 23.9 Å². The van der Waals surface area contributed by atoms with Gasteiger partial charge in [-0.1, -0.05) is 24.3 Å². The molecule has 0 radical (unpaired) electrons. The molecule has 2 aromatic carbocycles. The van der Waals surface area contributed by atoms with Crippen molar-refractivity contribution in [1.82, 2.24) is 10.2 Å². The van der Waals surface area contributed by atoms with E-state index in [0.29, 0.717) is 18.8 Å². The van der Waals surface area contributed by atoms with Crippen LogP contribution in [0.4, 0.5) is 4.39 Å². The predicted octanol–water partition coefficient (Wildman–Crippen LogP) is 3.62. The number of hydrogen-bond acceptors (Lipinski definition) is 4. The number of nitrogens with zero attached hydrogens (tertiary/aromatic N) is 1. The van der Waals surface area contributed by atoms with E-state index in [4.69, 9.17) is 4.74 Å². The van der Waals surface area contributed by atoms with Crippen LogP contribution in [0.5, 0.6) is 5.75 Å². The predicted molar refractivity (Wildman–Crippen MR) is 114 cm³/mol. The van der Waals surface area contributed by atoms with E-state index in [1.54, 1.807) is 31.1 Å². The van der Waals surface area contributed by atoms with Gasteiger partial charge in [0.05, 0.1) is 12.9 Å². The van der Waals surface area contributed by atoms with Crippen molar-refractivity contribution in [3.8, 4) is 5.75 Å². The number of hydrogen-bond donors (Lipinski definition) is 1. The van der Waals surface area contributed by atoms with E-state index in [2.05, 4.69) is 5.32 Å². The summed E-state index contributed by atoms with van der Waals surface area (Å²) in [6, 6.07) is 13.1. The van der Waals surface area contributed by atoms with Crippen molar-refractivity contribution in [2.45, 2.75) is 32.2 Å². The summed E-state index contributed by atoms with van der Waals surface area (Å²) in [5.74, 6) is 0.981. The molecule has 0 fully saturated rings. The minimum absolute atomic E-state index is 0.119. The number of ether oxygens (including phenoxy) is 1. The molecule has 156 valence electrons. The van der Waals surface area contributed by atoms with Crippen molar-refractivity contribution in [1.29, 1.82) is 0 Å². The molecule has 0 spiro atoms. The number of thioether (sulfide) groups is 1. The Hall–Kier alpha value is -2.54. The lowest BCUT2D eigenvalue weighted by molar-refractivity contribution is -0.138. The lowest BCUT2D eigenvalue weighted by atomic mass is 10.1. The van der Waals surface area contributed by atoms with Crippen LogP contribution < -0.4 is 10.1 Å². The van der Waals surface area contributed by atoms with E-state index < -0.39 is 6.04 Å². The van der Waals surface area contributed by atoms with Crippen molar-refractivity contribution < 1.29 is 18.7 Å². The second-order valence-electron chi connectivity index (χ2n) is 6.56. The molecule has 2 amide bonds. The quantitative estimate of drug-likeness (QED) is 0.640.